The average molecular weight is 268 g/mol. The molecule has 1 aromatic heterocycles. The number of hydrogen-bond acceptors (Lipinski definition) is 3. The van der Waals surface area contributed by atoms with Gasteiger partial charge in [-0.1, -0.05) is 34.1 Å². The second-order valence-electron chi connectivity index (χ2n) is 4.86. The summed E-state index contributed by atoms with van der Waals surface area (Å²) in [6.45, 7) is 11.1. The van der Waals surface area contributed by atoms with Gasteiger partial charge in [0, 0.05) is 17.3 Å². The lowest BCUT2D eigenvalue weighted by Gasteiger charge is -2.07. The summed E-state index contributed by atoms with van der Waals surface area (Å²) in [7, 11) is 0. The van der Waals surface area contributed by atoms with Crippen LogP contribution in [0, 0.1) is 0 Å². The standard InChI is InChI=1S/C15H28N2S/c1-5-9-13-14(11-16-10-6-2)18-15(17-13)12(7-3)8-4/h12,16H,5-11H2,1-4H3. The minimum Gasteiger partial charge on any atom is -0.312 e. The molecule has 1 aromatic rings. The highest BCUT2D eigenvalue weighted by Gasteiger charge is 2.15. The Balaban J connectivity index is 2.78. The van der Waals surface area contributed by atoms with Crippen molar-refractivity contribution in [1.82, 2.24) is 10.3 Å². The fourth-order valence-electron chi connectivity index (χ4n) is 2.16. The Morgan fingerprint density at radius 2 is 1.83 bits per heavy atom. The van der Waals surface area contributed by atoms with Gasteiger partial charge in [0.15, 0.2) is 0 Å². The molecule has 0 radical (unpaired) electrons. The van der Waals surface area contributed by atoms with Crippen LogP contribution in [0.1, 0.15) is 74.9 Å². The first-order valence-electron chi connectivity index (χ1n) is 7.45. The first-order valence-corrected chi connectivity index (χ1v) is 8.27. The fraction of sp³-hybridized carbons (Fsp3) is 0.800. The second kappa shape index (κ2) is 8.65. The van der Waals surface area contributed by atoms with E-state index in [1.165, 1.54) is 41.3 Å². The molecule has 104 valence electrons. The van der Waals surface area contributed by atoms with Gasteiger partial charge in [0.25, 0.3) is 0 Å². The van der Waals surface area contributed by atoms with Crippen LogP contribution in [0.2, 0.25) is 0 Å². The van der Waals surface area contributed by atoms with Gasteiger partial charge in [-0.05, 0) is 32.2 Å². The van der Waals surface area contributed by atoms with Crippen molar-refractivity contribution in [3.8, 4) is 0 Å². The topological polar surface area (TPSA) is 24.9 Å². The molecule has 2 nitrogen and oxygen atoms in total. The summed E-state index contributed by atoms with van der Waals surface area (Å²) < 4.78 is 0. The normalized spacial score (nSPS) is 11.4. The predicted octanol–water partition coefficient (Wildman–Crippen LogP) is 4.50. The summed E-state index contributed by atoms with van der Waals surface area (Å²) in [6.07, 6.45) is 5.92. The third-order valence-electron chi connectivity index (χ3n) is 3.33. The van der Waals surface area contributed by atoms with Crippen molar-refractivity contribution >= 4 is 11.3 Å². The molecule has 1 heterocycles. The largest absolute Gasteiger partial charge is 0.312 e. The third-order valence-corrected chi connectivity index (χ3v) is 4.59. The second-order valence-corrected chi connectivity index (χ2v) is 5.98. The van der Waals surface area contributed by atoms with Crippen LogP contribution in [0.15, 0.2) is 0 Å². The number of hydrogen-bond donors (Lipinski definition) is 1. The first-order chi connectivity index (χ1) is 8.76. The van der Waals surface area contributed by atoms with Crippen molar-refractivity contribution in [3.63, 3.8) is 0 Å². The minimum absolute atomic E-state index is 0.658. The maximum absolute atomic E-state index is 4.90. The highest BCUT2D eigenvalue weighted by atomic mass is 32.1. The minimum atomic E-state index is 0.658. The summed E-state index contributed by atoms with van der Waals surface area (Å²) in [4.78, 5) is 6.36. The quantitative estimate of drug-likeness (QED) is 0.667. The summed E-state index contributed by atoms with van der Waals surface area (Å²) in [5.74, 6) is 0.658. The Morgan fingerprint density at radius 1 is 1.11 bits per heavy atom. The molecule has 18 heavy (non-hydrogen) atoms. The molecule has 0 aliphatic heterocycles. The van der Waals surface area contributed by atoms with E-state index < -0.39 is 0 Å². The molecule has 3 heteroatoms. The van der Waals surface area contributed by atoms with Crippen molar-refractivity contribution in [3.05, 3.63) is 15.6 Å². The predicted molar refractivity (Wildman–Crippen MR) is 81.4 cm³/mol. The van der Waals surface area contributed by atoms with Gasteiger partial charge < -0.3 is 5.32 Å². The van der Waals surface area contributed by atoms with E-state index in [9.17, 15) is 0 Å². The zero-order chi connectivity index (χ0) is 13.4. The van der Waals surface area contributed by atoms with Crippen LogP contribution in [0.4, 0.5) is 0 Å². The van der Waals surface area contributed by atoms with Gasteiger partial charge in [-0.25, -0.2) is 4.98 Å². The van der Waals surface area contributed by atoms with Gasteiger partial charge >= 0.3 is 0 Å². The smallest absolute Gasteiger partial charge is 0.0962 e. The van der Waals surface area contributed by atoms with Crippen molar-refractivity contribution in [2.24, 2.45) is 0 Å². The molecule has 0 aliphatic carbocycles. The van der Waals surface area contributed by atoms with Crippen LogP contribution in [-0.4, -0.2) is 11.5 Å². The van der Waals surface area contributed by atoms with E-state index >= 15 is 0 Å². The Kier molecular flexibility index (Phi) is 7.52. The molecule has 0 unspecified atom stereocenters. The average Bonchev–Trinajstić information content (AvgIpc) is 2.75. The van der Waals surface area contributed by atoms with E-state index in [-0.39, 0.29) is 0 Å². The van der Waals surface area contributed by atoms with Gasteiger partial charge in [-0.15, -0.1) is 11.3 Å². The number of nitrogens with zero attached hydrogens (tertiary/aromatic N) is 1. The molecule has 0 atom stereocenters. The van der Waals surface area contributed by atoms with E-state index in [0.717, 1.165) is 19.5 Å². The first kappa shape index (κ1) is 15.6. The van der Waals surface area contributed by atoms with Crippen molar-refractivity contribution in [1.29, 1.82) is 0 Å². The molecule has 0 spiro atoms. The zero-order valence-electron chi connectivity index (χ0n) is 12.4. The van der Waals surface area contributed by atoms with E-state index in [0.29, 0.717) is 5.92 Å². The molecule has 0 bridgehead atoms. The van der Waals surface area contributed by atoms with Gasteiger partial charge in [-0.3, -0.25) is 0 Å². The molecule has 0 saturated carbocycles. The van der Waals surface area contributed by atoms with Gasteiger partial charge in [-0.2, -0.15) is 0 Å². The molecule has 1 rings (SSSR count). The molecular formula is C15H28N2S. The molecule has 0 aromatic carbocycles. The number of aryl methyl sites for hydroxylation is 1. The summed E-state index contributed by atoms with van der Waals surface area (Å²) in [5, 5.41) is 4.87. The zero-order valence-corrected chi connectivity index (χ0v) is 13.2. The van der Waals surface area contributed by atoms with Crippen LogP contribution >= 0.6 is 11.3 Å². The molecular weight excluding hydrogens is 240 g/mol. The number of aromatic nitrogens is 1. The lowest BCUT2D eigenvalue weighted by molar-refractivity contribution is 0.633. The number of thiazole rings is 1. The van der Waals surface area contributed by atoms with E-state index in [1.54, 1.807) is 0 Å². The maximum atomic E-state index is 4.90. The van der Waals surface area contributed by atoms with Crippen molar-refractivity contribution in [2.75, 3.05) is 6.54 Å². The Morgan fingerprint density at radius 3 is 2.39 bits per heavy atom. The van der Waals surface area contributed by atoms with Gasteiger partial charge in [0.1, 0.15) is 0 Å². The van der Waals surface area contributed by atoms with E-state index in [1.807, 2.05) is 11.3 Å². The lowest BCUT2D eigenvalue weighted by atomic mass is 10.1. The lowest BCUT2D eigenvalue weighted by Crippen LogP contribution is -2.13. The highest BCUT2D eigenvalue weighted by molar-refractivity contribution is 7.11. The molecule has 0 saturated heterocycles. The molecule has 0 aliphatic rings. The summed E-state index contributed by atoms with van der Waals surface area (Å²) in [6, 6.07) is 0. The van der Waals surface area contributed by atoms with Crippen molar-refractivity contribution in [2.45, 2.75) is 72.3 Å². The molecule has 0 fully saturated rings. The SMILES string of the molecule is CCCNCc1sc(C(CC)CC)nc1CCC. The van der Waals surface area contributed by atoms with Crippen LogP contribution < -0.4 is 5.32 Å². The molecule has 0 amide bonds. The number of nitrogens with one attached hydrogen (secondary N) is 1. The van der Waals surface area contributed by atoms with Crippen LogP contribution in [0.5, 0.6) is 0 Å². The highest BCUT2D eigenvalue weighted by Crippen LogP contribution is 2.30. The van der Waals surface area contributed by atoms with Crippen LogP contribution in [0.3, 0.4) is 0 Å². The summed E-state index contributed by atoms with van der Waals surface area (Å²) in [5.41, 5.74) is 1.34. The monoisotopic (exact) mass is 268 g/mol. The van der Waals surface area contributed by atoms with Crippen LogP contribution in [0.25, 0.3) is 0 Å². The third kappa shape index (κ3) is 4.36. The Labute approximate surface area is 116 Å². The van der Waals surface area contributed by atoms with E-state index in [2.05, 4.69) is 33.0 Å². The Hall–Kier alpha value is -0.410. The van der Waals surface area contributed by atoms with Gasteiger partial charge in [0.05, 0.1) is 10.7 Å². The van der Waals surface area contributed by atoms with E-state index in [4.69, 9.17) is 4.98 Å². The number of rotatable bonds is 9. The van der Waals surface area contributed by atoms with Crippen molar-refractivity contribution < 1.29 is 0 Å². The summed E-state index contributed by atoms with van der Waals surface area (Å²) >= 11 is 1.93. The fourth-order valence-corrected chi connectivity index (χ4v) is 3.51. The Bertz CT molecular complexity index is 329. The molecule has 1 N–H and O–H groups in total. The van der Waals surface area contributed by atoms with Crippen LogP contribution in [-0.2, 0) is 13.0 Å². The maximum Gasteiger partial charge on any atom is 0.0962 e. The van der Waals surface area contributed by atoms with Gasteiger partial charge in [0.2, 0.25) is 0 Å².